The molecule has 0 aliphatic carbocycles. The topological polar surface area (TPSA) is 83.9 Å². The number of carbonyl (C=O) groups excluding carboxylic acids is 1. The normalized spacial score (nSPS) is 11.7. The third-order valence-electron chi connectivity index (χ3n) is 3.12. The van der Waals surface area contributed by atoms with Crippen LogP contribution in [0.2, 0.25) is 0 Å². The highest BCUT2D eigenvalue weighted by Gasteiger charge is 2.24. The molecule has 0 bridgehead atoms. The van der Waals surface area contributed by atoms with Crippen LogP contribution < -0.4 is 4.90 Å². The van der Waals surface area contributed by atoms with Gasteiger partial charge in [0.1, 0.15) is 6.73 Å². The zero-order valence-corrected chi connectivity index (χ0v) is 14.2. The Kier molecular flexibility index (Phi) is 6.52. The van der Waals surface area contributed by atoms with Crippen LogP contribution in [0.5, 0.6) is 0 Å². The Bertz CT molecular complexity index is 625. The van der Waals surface area contributed by atoms with E-state index in [-0.39, 0.29) is 12.8 Å². The molecule has 0 saturated carbocycles. The molecule has 0 aromatic heterocycles. The van der Waals surface area contributed by atoms with Gasteiger partial charge in [0.15, 0.2) is 5.75 Å². The molecule has 0 fully saturated rings. The predicted octanol–water partition coefficient (Wildman–Crippen LogP) is 2.16. The van der Waals surface area contributed by atoms with Crippen molar-refractivity contribution in [2.75, 3.05) is 17.4 Å². The van der Waals surface area contributed by atoms with Crippen LogP contribution in [-0.2, 0) is 26.1 Å². The Labute approximate surface area is 131 Å². The van der Waals surface area contributed by atoms with Crippen molar-refractivity contribution in [2.45, 2.75) is 40.2 Å². The van der Waals surface area contributed by atoms with Gasteiger partial charge in [-0.05, 0) is 38.3 Å². The summed E-state index contributed by atoms with van der Waals surface area (Å²) in [6, 6.07) is 5.61. The Morgan fingerprint density at radius 2 is 2.00 bits per heavy atom. The lowest BCUT2D eigenvalue weighted by molar-refractivity contribution is -0.117. The van der Waals surface area contributed by atoms with E-state index >= 15 is 0 Å². The first-order valence-corrected chi connectivity index (χ1v) is 8.72. The van der Waals surface area contributed by atoms with Crippen LogP contribution in [0.15, 0.2) is 18.2 Å². The van der Waals surface area contributed by atoms with Gasteiger partial charge in [0, 0.05) is 0 Å². The quantitative estimate of drug-likeness (QED) is 0.612. The Balaban J connectivity index is 3.23. The molecule has 0 atom stereocenters. The van der Waals surface area contributed by atoms with Crippen molar-refractivity contribution in [1.29, 1.82) is 0 Å². The van der Waals surface area contributed by atoms with Crippen LogP contribution in [0.1, 0.15) is 31.9 Å². The third-order valence-corrected chi connectivity index (χ3v) is 3.73. The second-order valence-corrected chi connectivity index (χ2v) is 6.78. The van der Waals surface area contributed by atoms with Crippen LogP contribution in [0, 0.1) is 6.92 Å². The first-order valence-electron chi connectivity index (χ1n) is 7.11. The minimum Gasteiger partial charge on any atom is -0.358 e. The van der Waals surface area contributed by atoms with Gasteiger partial charge in [0.2, 0.25) is 5.91 Å². The molecule has 6 nitrogen and oxygen atoms in total. The second kappa shape index (κ2) is 7.71. The van der Waals surface area contributed by atoms with Crippen molar-refractivity contribution in [1.82, 2.24) is 0 Å². The highest BCUT2D eigenvalue weighted by atomic mass is 32.2. The summed E-state index contributed by atoms with van der Waals surface area (Å²) in [5.41, 5.74) is 2.39. The molecular formula is C15H23NO5S. The smallest absolute Gasteiger partial charge is 0.274 e. The molecular weight excluding hydrogens is 306 g/mol. The summed E-state index contributed by atoms with van der Waals surface area (Å²) in [6.07, 6.45) is 0.573. The van der Waals surface area contributed by atoms with Crippen molar-refractivity contribution in [3.8, 4) is 0 Å². The molecule has 0 heterocycles. The maximum atomic E-state index is 12.3. The van der Waals surface area contributed by atoms with E-state index in [2.05, 4.69) is 0 Å². The van der Waals surface area contributed by atoms with Gasteiger partial charge >= 0.3 is 0 Å². The lowest BCUT2D eigenvalue weighted by Gasteiger charge is -2.27. The summed E-state index contributed by atoms with van der Waals surface area (Å²) in [5.74, 6) is -1.68. The lowest BCUT2D eigenvalue weighted by atomic mass is 10.0. The average Bonchev–Trinajstić information content (AvgIpc) is 2.38. The van der Waals surface area contributed by atoms with E-state index in [4.69, 9.17) is 9.29 Å². The number of carbonyl (C=O) groups is 1. The minimum absolute atomic E-state index is 0.0656. The summed E-state index contributed by atoms with van der Waals surface area (Å²) in [4.78, 5) is 13.6. The number of aryl methyl sites for hydroxylation is 2. The summed E-state index contributed by atoms with van der Waals surface area (Å²) in [7, 11) is -4.39. The molecule has 0 aliphatic rings. The van der Waals surface area contributed by atoms with Crippen molar-refractivity contribution >= 4 is 21.7 Å². The fourth-order valence-electron chi connectivity index (χ4n) is 2.11. The van der Waals surface area contributed by atoms with Gasteiger partial charge in [-0.25, -0.2) is 0 Å². The van der Waals surface area contributed by atoms with Gasteiger partial charge in [0.05, 0.1) is 11.8 Å². The Morgan fingerprint density at radius 1 is 1.36 bits per heavy atom. The van der Waals surface area contributed by atoms with Gasteiger partial charge in [0.25, 0.3) is 10.1 Å². The highest BCUT2D eigenvalue weighted by molar-refractivity contribution is 7.86. The number of ether oxygens (including phenoxy) is 1. The zero-order valence-electron chi connectivity index (χ0n) is 13.4. The number of hydrogen-bond acceptors (Lipinski definition) is 4. The number of amides is 1. The van der Waals surface area contributed by atoms with Gasteiger partial charge in [-0.15, -0.1) is 0 Å². The first kappa shape index (κ1) is 18.6. The Morgan fingerprint density at radius 3 is 2.50 bits per heavy atom. The molecule has 1 aromatic carbocycles. The molecule has 1 amide bonds. The SMILES string of the molecule is CCc1cccc(C)c1N(COC(C)C)C(=O)CS(=O)(=O)O. The standard InChI is InChI=1S/C15H23NO5S/c1-5-13-8-6-7-12(4)15(13)16(10-21-11(2)3)14(17)9-22(18,19)20/h6-8,11H,5,9-10H2,1-4H3,(H,18,19,20). The molecule has 124 valence electrons. The van der Waals surface area contributed by atoms with Gasteiger partial charge in [-0.2, -0.15) is 8.42 Å². The van der Waals surface area contributed by atoms with Crippen molar-refractivity contribution in [3.63, 3.8) is 0 Å². The van der Waals surface area contributed by atoms with Crippen LogP contribution in [0.25, 0.3) is 0 Å². The van der Waals surface area contributed by atoms with E-state index in [0.717, 1.165) is 11.1 Å². The molecule has 0 spiro atoms. The van der Waals surface area contributed by atoms with Crippen LogP contribution in [0.4, 0.5) is 5.69 Å². The molecule has 1 aromatic rings. The van der Waals surface area contributed by atoms with E-state index in [9.17, 15) is 13.2 Å². The summed E-state index contributed by atoms with van der Waals surface area (Å²) in [5, 5.41) is 0. The van der Waals surface area contributed by atoms with Crippen LogP contribution >= 0.6 is 0 Å². The van der Waals surface area contributed by atoms with E-state index in [1.54, 1.807) is 0 Å². The highest BCUT2D eigenvalue weighted by Crippen LogP contribution is 2.26. The number of anilines is 1. The fraction of sp³-hybridized carbons (Fsp3) is 0.533. The van der Waals surface area contributed by atoms with Gasteiger partial charge in [-0.3, -0.25) is 14.2 Å². The molecule has 0 saturated heterocycles. The molecule has 7 heteroatoms. The van der Waals surface area contributed by atoms with E-state index in [1.807, 2.05) is 45.9 Å². The largest absolute Gasteiger partial charge is 0.358 e. The van der Waals surface area contributed by atoms with Gasteiger partial charge < -0.3 is 4.74 Å². The number of rotatable bonds is 7. The molecule has 1 rings (SSSR count). The van der Waals surface area contributed by atoms with E-state index < -0.39 is 21.8 Å². The molecule has 0 unspecified atom stereocenters. The monoisotopic (exact) mass is 329 g/mol. The second-order valence-electron chi connectivity index (χ2n) is 5.33. The van der Waals surface area contributed by atoms with Crippen LogP contribution in [0.3, 0.4) is 0 Å². The van der Waals surface area contributed by atoms with Crippen molar-refractivity contribution < 1.29 is 22.5 Å². The molecule has 22 heavy (non-hydrogen) atoms. The maximum Gasteiger partial charge on any atom is 0.274 e. The fourth-order valence-corrected chi connectivity index (χ4v) is 2.58. The number of nitrogens with zero attached hydrogens (tertiary/aromatic N) is 1. The minimum atomic E-state index is -4.39. The van der Waals surface area contributed by atoms with Crippen molar-refractivity contribution in [2.24, 2.45) is 0 Å². The number of benzene rings is 1. The predicted molar refractivity (Wildman–Crippen MR) is 85.5 cm³/mol. The van der Waals surface area contributed by atoms with Crippen LogP contribution in [-0.4, -0.2) is 37.5 Å². The first-order chi connectivity index (χ1) is 10.2. The van der Waals surface area contributed by atoms with Gasteiger partial charge in [-0.1, -0.05) is 25.1 Å². The van der Waals surface area contributed by atoms with E-state index in [0.29, 0.717) is 12.1 Å². The molecule has 0 aliphatic heterocycles. The maximum absolute atomic E-state index is 12.3. The summed E-state index contributed by atoms with van der Waals surface area (Å²) >= 11 is 0. The average molecular weight is 329 g/mol. The van der Waals surface area contributed by atoms with Crippen molar-refractivity contribution in [3.05, 3.63) is 29.3 Å². The van der Waals surface area contributed by atoms with E-state index in [1.165, 1.54) is 4.90 Å². The molecule has 0 radical (unpaired) electrons. The summed E-state index contributed by atoms with van der Waals surface area (Å²) in [6.45, 7) is 7.38. The lowest BCUT2D eigenvalue weighted by Crippen LogP contribution is -2.39. The number of para-hydroxylation sites is 1. The number of hydrogen-bond donors (Lipinski definition) is 1. The zero-order chi connectivity index (χ0) is 16.9. The molecule has 1 N–H and O–H groups in total. The Hall–Kier alpha value is -1.44. The third kappa shape index (κ3) is 5.40. The summed E-state index contributed by atoms with van der Waals surface area (Å²) < 4.78 is 36.5.